The van der Waals surface area contributed by atoms with E-state index < -0.39 is 0 Å². The van der Waals surface area contributed by atoms with Gasteiger partial charge < -0.3 is 19.0 Å². The molecule has 1 atom stereocenters. The van der Waals surface area contributed by atoms with Gasteiger partial charge in [-0.15, -0.1) is 0 Å². The Morgan fingerprint density at radius 3 is 2.83 bits per heavy atom. The van der Waals surface area contributed by atoms with Crippen LogP contribution in [0.2, 0.25) is 0 Å². The maximum atomic E-state index is 13.2. The van der Waals surface area contributed by atoms with Crippen molar-refractivity contribution in [1.29, 1.82) is 0 Å². The van der Waals surface area contributed by atoms with Crippen molar-refractivity contribution in [2.75, 3.05) is 13.2 Å². The zero-order valence-corrected chi connectivity index (χ0v) is 14.4. The number of fused-ring (bicyclic) bond motifs is 1. The van der Waals surface area contributed by atoms with Crippen LogP contribution in [0, 0.1) is 4.84 Å². The van der Waals surface area contributed by atoms with Crippen molar-refractivity contribution in [3.05, 3.63) is 28.6 Å². The smallest absolute Gasteiger partial charge is 0.266 e. The van der Waals surface area contributed by atoms with Gasteiger partial charge in [0.05, 0.1) is 11.6 Å². The second-order valence-electron chi connectivity index (χ2n) is 6.76. The Morgan fingerprint density at radius 1 is 1.25 bits per heavy atom. The molecule has 1 aliphatic carbocycles. The molecule has 6 heteroatoms. The number of H-pyrrole nitrogens is 1. The van der Waals surface area contributed by atoms with Crippen molar-refractivity contribution in [3.8, 4) is 0 Å². The van der Waals surface area contributed by atoms with E-state index in [0.717, 1.165) is 37.8 Å². The highest BCUT2D eigenvalue weighted by molar-refractivity contribution is 7.71. The van der Waals surface area contributed by atoms with E-state index in [-0.39, 0.29) is 12.0 Å². The fraction of sp³-hybridized carbons (Fsp3) is 0.556. The summed E-state index contributed by atoms with van der Waals surface area (Å²) in [6, 6.07) is 5.83. The predicted molar refractivity (Wildman–Crippen MR) is 93.7 cm³/mol. The summed E-state index contributed by atoms with van der Waals surface area (Å²) < 4.78 is 11.2. The number of carbonyl (C=O) groups excluding carboxylic acids is 1. The van der Waals surface area contributed by atoms with E-state index in [1.54, 1.807) is 6.07 Å². The number of hydrogen-bond donors (Lipinski definition) is 1. The van der Waals surface area contributed by atoms with Crippen LogP contribution >= 0.6 is 12.2 Å². The Morgan fingerprint density at radius 2 is 2.08 bits per heavy atom. The molecule has 1 aromatic heterocycles. The Balaban J connectivity index is 1.61. The lowest BCUT2D eigenvalue weighted by Crippen LogP contribution is -2.43. The standard InChI is InChI=1S/C18H22N2O3S/c21-17(12-7-8-15-16(10-12)23-18(24)19-15)20(13-4-1-2-5-13)11-14-6-3-9-22-14/h7-8,10,13-14H,1-6,9,11H2,(H,19,24)/t14-/m1/s1. The summed E-state index contributed by atoms with van der Waals surface area (Å²) in [5, 5.41) is 0. The van der Waals surface area contributed by atoms with Crippen LogP contribution in [-0.2, 0) is 4.74 Å². The van der Waals surface area contributed by atoms with E-state index in [1.807, 2.05) is 17.0 Å². The second kappa shape index (κ2) is 6.69. The van der Waals surface area contributed by atoms with Crippen molar-refractivity contribution in [3.63, 3.8) is 0 Å². The lowest BCUT2D eigenvalue weighted by Gasteiger charge is -2.31. The van der Waals surface area contributed by atoms with Gasteiger partial charge in [0.2, 0.25) is 0 Å². The third kappa shape index (κ3) is 3.13. The van der Waals surface area contributed by atoms with Gasteiger partial charge in [-0.2, -0.15) is 0 Å². The fourth-order valence-electron chi connectivity index (χ4n) is 3.87. The van der Waals surface area contributed by atoms with Crippen LogP contribution in [0.4, 0.5) is 0 Å². The monoisotopic (exact) mass is 346 g/mol. The van der Waals surface area contributed by atoms with E-state index in [4.69, 9.17) is 21.4 Å². The molecule has 5 nitrogen and oxygen atoms in total. The van der Waals surface area contributed by atoms with Crippen LogP contribution < -0.4 is 0 Å². The maximum absolute atomic E-state index is 13.2. The predicted octanol–water partition coefficient (Wildman–Crippen LogP) is 4.05. The third-order valence-electron chi connectivity index (χ3n) is 5.12. The molecule has 128 valence electrons. The number of nitrogens with one attached hydrogen (secondary N) is 1. The molecule has 1 saturated heterocycles. The average Bonchev–Trinajstić information content (AvgIpc) is 3.31. The van der Waals surface area contributed by atoms with Gasteiger partial charge in [-0.25, -0.2) is 0 Å². The van der Waals surface area contributed by atoms with Gasteiger partial charge in [-0.1, -0.05) is 12.8 Å². The number of aromatic amines is 1. The molecule has 1 aromatic carbocycles. The van der Waals surface area contributed by atoms with Crippen LogP contribution in [0.15, 0.2) is 22.6 Å². The summed E-state index contributed by atoms with van der Waals surface area (Å²) in [7, 11) is 0. The molecule has 24 heavy (non-hydrogen) atoms. The molecule has 2 heterocycles. The highest BCUT2D eigenvalue weighted by Crippen LogP contribution is 2.27. The molecule has 1 saturated carbocycles. The number of ether oxygens (including phenoxy) is 1. The highest BCUT2D eigenvalue weighted by atomic mass is 32.1. The van der Waals surface area contributed by atoms with Crippen LogP contribution in [0.5, 0.6) is 0 Å². The summed E-state index contributed by atoms with van der Waals surface area (Å²) in [4.78, 5) is 18.5. The summed E-state index contributed by atoms with van der Waals surface area (Å²) in [6.07, 6.45) is 6.89. The molecule has 2 aromatic rings. The lowest BCUT2D eigenvalue weighted by molar-refractivity contribution is 0.0421. The number of oxazole rings is 1. The van der Waals surface area contributed by atoms with Crippen molar-refractivity contribution in [2.45, 2.75) is 50.7 Å². The van der Waals surface area contributed by atoms with Gasteiger partial charge in [-0.05, 0) is 56.1 Å². The van der Waals surface area contributed by atoms with Crippen LogP contribution in [-0.4, -0.2) is 41.1 Å². The summed E-state index contributed by atoms with van der Waals surface area (Å²) in [5.74, 6) is 0.0709. The number of benzene rings is 1. The first-order chi connectivity index (χ1) is 11.7. The molecule has 1 aliphatic heterocycles. The van der Waals surface area contributed by atoms with Crippen molar-refractivity contribution >= 4 is 29.2 Å². The first kappa shape index (κ1) is 15.8. The van der Waals surface area contributed by atoms with Crippen molar-refractivity contribution in [2.24, 2.45) is 0 Å². The molecule has 0 radical (unpaired) electrons. The third-order valence-corrected chi connectivity index (χ3v) is 5.30. The zero-order chi connectivity index (χ0) is 16.5. The van der Waals surface area contributed by atoms with Crippen molar-refractivity contribution < 1.29 is 13.9 Å². The zero-order valence-electron chi connectivity index (χ0n) is 13.6. The van der Waals surface area contributed by atoms with E-state index in [0.29, 0.717) is 28.6 Å². The fourth-order valence-corrected chi connectivity index (χ4v) is 4.07. The molecule has 4 rings (SSSR count). The number of aromatic nitrogens is 1. The van der Waals surface area contributed by atoms with E-state index >= 15 is 0 Å². The minimum Gasteiger partial charge on any atom is -0.429 e. The normalized spacial score (nSPS) is 21.6. The van der Waals surface area contributed by atoms with Gasteiger partial charge in [0, 0.05) is 24.8 Å². The molecule has 1 amide bonds. The molecular formula is C18H22N2O3S. The quantitative estimate of drug-likeness (QED) is 0.849. The van der Waals surface area contributed by atoms with E-state index in [2.05, 4.69) is 4.98 Å². The molecule has 0 bridgehead atoms. The largest absolute Gasteiger partial charge is 0.429 e. The average molecular weight is 346 g/mol. The number of hydrogen-bond acceptors (Lipinski definition) is 4. The van der Waals surface area contributed by atoms with Crippen LogP contribution in [0.25, 0.3) is 11.1 Å². The summed E-state index contributed by atoms with van der Waals surface area (Å²) in [6.45, 7) is 1.51. The van der Waals surface area contributed by atoms with Gasteiger partial charge in [-0.3, -0.25) is 4.79 Å². The van der Waals surface area contributed by atoms with Crippen LogP contribution in [0.1, 0.15) is 48.9 Å². The molecule has 1 N–H and O–H groups in total. The molecule has 0 unspecified atom stereocenters. The molecule has 0 spiro atoms. The van der Waals surface area contributed by atoms with Gasteiger partial charge in [0.1, 0.15) is 0 Å². The van der Waals surface area contributed by atoms with Crippen molar-refractivity contribution in [1.82, 2.24) is 9.88 Å². The Labute approximate surface area is 146 Å². The Kier molecular flexibility index (Phi) is 4.41. The highest BCUT2D eigenvalue weighted by Gasteiger charge is 2.31. The first-order valence-corrected chi connectivity index (χ1v) is 9.17. The minimum absolute atomic E-state index is 0.0709. The summed E-state index contributed by atoms with van der Waals surface area (Å²) in [5.41, 5.74) is 2.11. The van der Waals surface area contributed by atoms with E-state index in [9.17, 15) is 4.79 Å². The van der Waals surface area contributed by atoms with Gasteiger partial charge in [0.25, 0.3) is 10.7 Å². The van der Waals surface area contributed by atoms with Gasteiger partial charge in [0.15, 0.2) is 5.58 Å². The number of carbonyl (C=O) groups is 1. The molecule has 2 aliphatic rings. The Hall–Kier alpha value is -1.66. The SMILES string of the molecule is O=C(c1ccc2[nH]c(=S)oc2c1)N(C[C@H]1CCCO1)C1CCCC1. The van der Waals surface area contributed by atoms with Gasteiger partial charge >= 0.3 is 0 Å². The molecule has 2 fully saturated rings. The first-order valence-electron chi connectivity index (χ1n) is 8.76. The van der Waals surface area contributed by atoms with E-state index in [1.165, 1.54) is 12.8 Å². The Bertz CT molecular complexity index is 785. The second-order valence-corrected chi connectivity index (χ2v) is 7.13. The topological polar surface area (TPSA) is 58.5 Å². The van der Waals surface area contributed by atoms with Crippen LogP contribution in [0.3, 0.4) is 0 Å². The number of nitrogens with zero attached hydrogens (tertiary/aromatic N) is 1. The summed E-state index contributed by atoms with van der Waals surface area (Å²) >= 11 is 5.02. The number of amides is 1. The molecular weight excluding hydrogens is 324 g/mol. The minimum atomic E-state index is 0.0709. The maximum Gasteiger partial charge on any atom is 0.266 e. The number of rotatable bonds is 4. The lowest BCUT2D eigenvalue weighted by atomic mass is 10.1.